The van der Waals surface area contributed by atoms with Crippen LogP contribution in [-0.2, 0) is 6.54 Å². The first-order chi connectivity index (χ1) is 7.22. The van der Waals surface area contributed by atoms with E-state index in [0.29, 0.717) is 17.3 Å². The van der Waals surface area contributed by atoms with Gasteiger partial charge in [-0.3, -0.25) is 0 Å². The number of nitrogens with two attached hydrogens (primary N) is 1. The first-order valence-electron chi connectivity index (χ1n) is 4.44. The van der Waals surface area contributed by atoms with E-state index in [1.165, 1.54) is 16.9 Å². The molecule has 0 bridgehead atoms. The van der Waals surface area contributed by atoms with Gasteiger partial charge in [-0.15, -0.1) is 0 Å². The van der Waals surface area contributed by atoms with Crippen molar-refractivity contribution in [1.29, 1.82) is 0 Å². The van der Waals surface area contributed by atoms with Crippen LogP contribution in [0, 0.1) is 0 Å². The Hall–Kier alpha value is -1.52. The third-order valence-electron chi connectivity index (χ3n) is 2.10. The molecule has 15 heavy (non-hydrogen) atoms. The molecule has 3 N–H and O–H groups in total. The number of hydrogen-bond donors (Lipinski definition) is 2. The third kappa shape index (κ3) is 1.82. The Morgan fingerprint density at radius 2 is 2.20 bits per heavy atom. The van der Waals surface area contributed by atoms with E-state index in [1.807, 2.05) is 6.07 Å². The maximum atomic E-state index is 9.47. The lowest BCUT2D eigenvalue weighted by Gasteiger charge is -2.06. The Labute approximate surface area is 91.9 Å². The number of aromatic nitrogens is 2. The van der Waals surface area contributed by atoms with Gasteiger partial charge >= 0.3 is 0 Å². The molecule has 0 saturated carbocycles. The molecule has 1 heterocycles. The molecule has 0 saturated heterocycles. The van der Waals surface area contributed by atoms with Gasteiger partial charge < -0.3 is 10.8 Å². The van der Waals surface area contributed by atoms with Crippen LogP contribution in [0.25, 0.3) is 5.69 Å². The monoisotopic (exact) mass is 223 g/mol. The Morgan fingerprint density at radius 1 is 1.40 bits per heavy atom. The Balaban J connectivity index is 2.50. The van der Waals surface area contributed by atoms with Crippen LogP contribution >= 0.6 is 11.6 Å². The highest BCUT2D eigenvalue weighted by molar-refractivity contribution is 6.32. The van der Waals surface area contributed by atoms with Crippen molar-refractivity contribution >= 4 is 11.6 Å². The molecule has 2 rings (SSSR count). The van der Waals surface area contributed by atoms with Crippen molar-refractivity contribution in [2.24, 2.45) is 5.73 Å². The second-order valence-corrected chi connectivity index (χ2v) is 3.50. The van der Waals surface area contributed by atoms with Crippen molar-refractivity contribution in [3.8, 4) is 11.6 Å². The summed E-state index contributed by atoms with van der Waals surface area (Å²) in [5.74, 6) is 0.0531. The standard InChI is InChI=1S/C10H10ClN3O/c11-8-5-7(6-12)1-2-9(8)14-10(15)3-4-13-14/h1-5,15H,6,12H2. The summed E-state index contributed by atoms with van der Waals surface area (Å²) >= 11 is 6.04. The molecule has 0 atom stereocenters. The van der Waals surface area contributed by atoms with Gasteiger partial charge in [0.15, 0.2) is 0 Å². The molecule has 78 valence electrons. The zero-order valence-electron chi connectivity index (χ0n) is 7.89. The Morgan fingerprint density at radius 3 is 2.73 bits per heavy atom. The van der Waals surface area contributed by atoms with Gasteiger partial charge in [-0.1, -0.05) is 17.7 Å². The van der Waals surface area contributed by atoms with E-state index in [-0.39, 0.29) is 5.88 Å². The molecule has 1 aromatic heterocycles. The van der Waals surface area contributed by atoms with Crippen LogP contribution in [0.1, 0.15) is 5.56 Å². The summed E-state index contributed by atoms with van der Waals surface area (Å²) in [6, 6.07) is 6.88. The third-order valence-corrected chi connectivity index (χ3v) is 2.40. The molecular formula is C10H10ClN3O. The first-order valence-corrected chi connectivity index (χ1v) is 4.82. The van der Waals surface area contributed by atoms with E-state index in [2.05, 4.69) is 5.10 Å². The van der Waals surface area contributed by atoms with E-state index >= 15 is 0 Å². The molecule has 0 aliphatic heterocycles. The summed E-state index contributed by atoms with van der Waals surface area (Å²) in [6.45, 7) is 0.436. The first kappa shape index (κ1) is 10.0. The largest absolute Gasteiger partial charge is 0.493 e. The number of hydrogen-bond acceptors (Lipinski definition) is 3. The molecule has 0 radical (unpaired) electrons. The number of nitrogens with zero attached hydrogens (tertiary/aromatic N) is 2. The topological polar surface area (TPSA) is 64.1 Å². The fourth-order valence-electron chi connectivity index (χ4n) is 1.33. The highest BCUT2D eigenvalue weighted by atomic mass is 35.5. The van der Waals surface area contributed by atoms with Crippen LogP contribution in [0.5, 0.6) is 5.88 Å². The van der Waals surface area contributed by atoms with Gasteiger partial charge in [0.2, 0.25) is 5.88 Å². The van der Waals surface area contributed by atoms with E-state index in [9.17, 15) is 5.11 Å². The predicted octanol–water partition coefficient (Wildman–Crippen LogP) is 1.69. The Kier molecular flexibility index (Phi) is 2.62. The molecule has 1 aromatic carbocycles. The van der Waals surface area contributed by atoms with Gasteiger partial charge in [0.1, 0.15) is 0 Å². The SMILES string of the molecule is NCc1ccc(-n2nccc2O)c(Cl)c1. The van der Waals surface area contributed by atoms with Crippen LogP contribution in [-0.4, -0.2) is 14.9 Å². The van der Waals surface area contributed by atoms with E-state index in [1.54, 1.807) is 12.1 Å². The van der Waals surface area contributed by atoms with E-state index < -0.39 is 0 Å². The number of aromatic hydroxyl groups is 1. The number of rotatable bonds is 2. The average Bonchev–Trinajstić information content (AvgIpc) is 2.64. The number of halogens is 1. The van der Waals surface area contributed by atoms with E-state index in [0.717, 1.165) is 5.56 Å². The minimum atomic E-state index is 0.0531. The average molecular weight is 224 g/mol. The van der Waals surface area contributed by atoms with Crippen LogP contribution in [0.4, 0.5) is 0 Å². The van der Waals surface area contributed by atoms with Gasteiger partial charge in [0.25, 0.3) is 0 Å². The molecule has 0 fully saturated rings. The fraction of sp³-hybridized carbons (Fsp3) is 0.100. The van der Waals surface area contributed by atoms with Crippen molar-refractivity contribution in [1.82, 2.24) is 9.78 Å². The summed E-state index contributed by atoms with van der Waals surface area (Å²) in [4.78, 5) is 0. The molecular weight excluding hydrogens is 214 g/mol. The van der Waals surface area contributed by atoms with Crippen molar-refractivity contribution in [3.05, 3.63) is 41.0 Å². The predicted molar refractivity (Wildman–Crippen MR) is 58.1 cm³/mol. The zero-order valence-corrected chi connectivity index (χ0v) is 8.65. The summed E-state index contributed by atoms with van der Waals surface area (Å²) in [7, 11) is 0. The van der Waals surface area contributed by atoms with Gasteiger partial charge in [0.05, 0.1) is 16.9 Å². The molecule has 5 heteroatoms. The molecule has 0 aliphatic carbocycles. The second-order valence-electron chi connectivity index (χ2n) is 3.09. The Bertz CT molecular complexity index is 481. The van der Waals surface area contributed by atoms with Gasteiger partial charge in [-0.05, 0) is 17.7 Å². The lowest BCUT2D eigenvalue weighted by molar-refractivity contribution is 0.433. The molecule has 0 amide bonds. The summed E-state index contributed by atoms with van der Waals surface area (Å²) < 4.78 is 1.36. The van der Waals surface area contributed by atoms with Crippen LogP contribution < -0.4 is 5.73 Å². The van der Waals surface area contributed by atoms with Crippen LogP contribution in [0.15, 0.2) is 30.5 Å². The van der Waals surface area contributed by atoms with E-state index in [4.69, 9.17) is 17.3 Å². The lowest BCUT2D eigenvalue weighted by atomic mass is 10.2. The van der Waals surface area contributed by atoms with Crippen molar-refractivity contribution in [2.45, 2.75) is 6.54 Å². The summed E-state index contributed by atoms with van der Waals surface area (Å²) in [6.07, 6.45) is 1.50. The van der Waals surface area contributed by atoms with Crippen LogP contribution in [0.2, 0.25) is 5.02 Å². The smallest absolute Gasteiger partial charge is 0.214 e. The molecule has 2 aromatic rings. The maximum absolute atomic E-state index is 9.47. The lowest BCUT2D eigenvalue weighted by Crippen LogP contribution is -2.00. The molecule has 0 unspecified atom stereocenters. The zero-order chi connectivity index (χ0) is 10.8. The molecule has 0 spiro atoms. The molecule has 4 nitrogen and oxygen atoms in total. The van der Waals surface area contributed by atoms with Crippen molar-refractivity contribution in [2.75, 3.05) is 0 Å². The fourth-order valence-corrected chi connectivity index (χ4v) is 1.61. The summed E-state index contributed by atoms with van der Waals surface area (Å²) in [5.41, 5.74) is 7.06. The van der Waals surface area contributed by atoms with Gasteiger partial charge in [-0.25, -0.2) is 0 Å². The minimum absolute atomic E-state index is 0.0531. The summed E-state index contributed by atoms with van der Waals surface area (Å²) in [5, 5.41) is 13.9. The molecule has 0 aliphatic rings. The quantitative estimate of drug-likeness (QED) is 0.815. The normalized spacial score (nSPS) is 10.5. The van der Waals surface area contributed by atoms with Gasteiger partial charge in [0, 0.05) is 12.6 Å². The van der Waals surface area contributed by atoms with Crippen molar-refractivity contribution in [3.63, 3.8) is 0 Å². The highest BCUT2D eigenvalue weighted by Gasteiger charge is 2.07. The highest BCUT2D eigenvalue weighted by Crippen LogP contribution is 2.24. The van der Waals surface area contributed by atoms with Crippen molar-refractivity contribution < 1.29 is 5.11 Å². The number of benzene rings is 1. The van der Waals surface area contributed by atoms with Crippen LogP contribution in [0.3, 0.4) is 0 Å². The minimum Gasteiger partial charge on any atom is -0.493 e. The maximum Gasteiger partial charge on any atom is 0.214 e. The second kappa shape index (κ2) is 3.92. The van der Waals surface area contributed by atoms with Gasteiger partial charge in [-0.2, -0.15) is 9.78 Å².